The van der Waals surface area contributed by atoms with E-state index in [1.807, 2.05) is 0 Å². The Bertz CT molecular complexity index is 1080. The minimum Gasteiger partial charge on any atom is -0.359 e. The van der Waals surface area contributed by atoms with Crippen molar-refractivity contribution in [3.63, 3.8) is 0 Å². The smallest absolute Gasteiger partial charge is 0.0975 e. The molecule has 6 aliphatic rings. The van der Waals surface area contributed by atoms with E-state index in [1.54, 1.807) is 22.3 Å². The number of allylic oxidation sites excluding steroid dienone is 1. The van der Waals surface area contributed by atoms with Crippen LogP contribution in [0.2, 0.25) is 0 Å². The molecule has 0 radical (unpaired) electrons. The van der Waals surface area contributed by atoms with Gasteiger partial charge in [0.05, 0.1) is 38.4 Å². The average molecular weight is 460 g/mol. The van der Waals surface area contributed by atoms with Gasteiger partial charge in [0.15, 0.2) is 0 Å². The molecule has 3 heterocycles. The number of benzene rings is 1. The van der Waals surface area contributed by atoms with Crippen LogP contribution in [0.15, 0.2) is 47.6 Å². The molecule has 34 heavy (non-hydrogen) atoms. The summed E-state index contributed by atoms with van der Waals surface area (Å²) in [5, 5.41) is 0. The number of ether oxygens (including phenoxy) is 1. The second-order valence-corrected chi connectivity index (χ2v) is 13.7. The van der Waals surface area contributed by atoms with Crippen LogP contribution in [0, 0.1) is 11.3 Å². The maximum absolute atomic E-state index is 7.51. The van der Waals surface area contributed by atoms with Crippen LogP contribution < -0.4 is 0 Å². The molecular weight excluding hydrogens is 416 g/mol. The van der Waals surface area contributed by atoms with Crippen LogP contribution in [-0.2, 0) is 17.7 Å². The lowest BCUT2D eigenvalue weighted by Crippen LogP contribution is -2.58. The number of fused-ring (bicyclic) bond motifs is 2. The lowest BCUT2D eigenvalue weighted by atomic mass is 9.59. The third-order valence-electron chi connectivity index (χ3n) is 11.3. The molecule has 1 saturated heterocycles. The van der Waals surface area contributed by atoms with Gasteiger partial charge in [-0.3, -0.25) is 4.90 Å². The molecule has 3 nitrogen and oxygen atoms in total. The van der Waals surface area contributed by atoms with Crippen molar-refractivity contribution in [1.82, 2.24) is 4.90 Å². The molecule has 2 spiro atoms. The van der Waals surface area contributed by atoms with Gasteiger partial charge in [-0.2, -0.15) is 0 Å². The molecule has 3 aliphatic heterocycles. The van der Waals surface area contributed by atoms with E-state index in [4.69, 9.17) is 4.74 Å². The quantitative estimate of drug-likeness (QED) is 0.530. The summed E-state index contributed by atoms with van der Waals surface area (Å²) in [6, 6.07) is 10.5. The van der Waals surface area contributed by atoms with Gasteiger partial charge in [0.2, 0.25) is 0 Å². The molecule has 0 amide bonds. The highest BCUT2D eigenvalue weighted by atomic mass is 16.5. The van der Waals surface area contributed by atoms with Crippen molar-refractivity contribution in [2.24, 2.45) is 11.3 Å². The standard InChI is InChI=1S/C31H43N2O/c1-29-15-13-25-19-24-9-10-26(33(2,3)4)20-30(24)16-17-31(25,34-30)27(29)11-12-28(29)32-18-14-22-7-5-6-8-23(22)21-32/h5-8,13,19,26-28H,9-12,14-18,20-21H2,1-4H3/q+1/t26-,27+,28?,29-,30+,31?/m0/s1. The lowest BCUT2D eigenvalue weighted by Gasteiger charge is -2.56. The Kier molecular flexibility index (Phi) is 4.55. The van der Waals surface area contributed by atoms with Gasteiger partial charge in [-0.25, -0.2) is 0 Å². The molecule has 3 fully saturated rings. The first-order chi connectivity index (χ1) is 16.2. The fraction of sp³-hybridized carbons (Fsp3) is 0.677. The summed E-state index contributed by atoms with van der Waals surface area (Å²) in [6.07, 6.45) is 16.6. The highest BCUT2D eigenvalue weighted by Crippen LogP contribution is 2.67. The van der Waals surface area contributed by atoms with E-state index in [9.17, 15) is 0 Å². The third kappa shape index (κ3) is 2.87. The molecule has 6 atom stereocenters. The van der Waals surface area contributed by atoms with E-state index < -0.39 is 0 Å². The summed E-state index contributed by atoms with van der Waals surface area (Å²) in [5.74, 6) is 0.656. The van der Waals surface area contributed by atoms with E-state index in [0.29, 0.717) is 23.4 Å². The minimum absolute atomic E-state index is 0.0200. The van der Waals surface area contributed by atoms with E-state index in [2.05, 4.69) is 69.4 Å². The number of nitrogens with zero attached hydrogens (tertiary/aromatic N) is 2. The second kappa shape index (κ2) is 7.08. The molecule has 0 aromatic heterocycles. The van der Waals surface area contributed by atoms with Crippen LogP contribution in [0.25, 0.3) is 0 Å². The average Bonchev–Trinajstić information content (AvgIpc) is 3.33. The van der Waals surface area contributed by atoms with Crippen LogP contribution in [0.4, 0.5) is 0 Å². The van der Waals surface area contributed by atoms with Gasteiger partial charge in [0.1, 0.15) is 0 Å². The summed E-state index contributed by atoms with van der Waals surface area (Å²) < 4.78 is 8.57. The first-order valence-electron chi connectivity index (χ1n) is 14.0. The Morgan fingerprint density at radius 2 is 1.82 bits per heavy atom. The summed E-state index contributed by atoms with van der Waals surface area (Å²) in [6.45, 7) is 4.97. The highest BCUT2D eigenvalue weighted by Gasteiger charge is 2.67. The van der Waals surface area contributed by atoms with Gasteiger partial charge in [-0.15, -0.1) is 0 Å². The van der Waals surface area contributed by atoms with Crippen molar-refractivity contribution in [3.8, 4) is 0 Å². The molecule has 1 aromatic carbocycles. The number of hydrogen-bond donors (Lipinski definition) is 0. The topological polar surface area (TPSA) is 12.5 Å². The zero-order valence-corrected chi connectivity index (χ0v) is 21.8. The SMILES string of the molecule is C[C@]12CC=C3C=C4CC[C@H]([N+](C)(C)C)C[C@]45CCC3(O5)[C@@H]1CCC2N1CCc2ccccc2C1. The fourth-order valence-corrected chi connectivity index (χ4v) is 9.40. The summed E-state index contributed by atoms with van der Waals surface area (Å²) >= 11 is 0. The van der Waals surface area contributed by atoms with Crippen molar-refractivity contribution >= 4 is 0 Å². The maximum atomic E-state index is 7.51. The van der Waals surface area contributed by atoms with Gasteiger partial charge >= 0.3 is 0 Å². The third-order valence-corrected chi connectivity index (χ3v) is 11.3. The van der Waals surface area contributed by atoms with Gasteiger partial charge in [0, 0.05) is 32.0 Å². The zero-order valence-electron chi connectivity index (χ0n) is 21.8. The molecule has 2 saturated carbocycles. The first kappa shape index (κ1) is 21.8. The highest BCUT2D eigenvalue weighted by molar-refractivity contribution is 5.47. The number of rotatable bonds is 2. The molecule has 3 aliphatic carbocycles. The summed E-state index contributed by atoms with van der Waals surface area (Å²) in [7, 11) is 7.14. The molecule has 2 unspecified atom stereocenters. The van der Waals surface area contributed by atoms with Crippen LogP contribution in [0.3, 0.4) is 0 Å². The van der Waals surface area contributed by atoms with Crippen LogP contribution in [0.5, 0.6) is 0 Å². The Morgan fingerprint density at radius 1 is 1.00 bits per heavy atom. The zero-order chi connectivity index (χ0) is 23.3. The van der Waals surface area contributed by atoms with Gasteiger partial charge < -0.3 is 9.22 Å². The molecule has 1 aromatic rings. The van der Waals surface area contributed by atoms with E-state index >= 15 is 0 Å². The van der Waals surface area contributed by atoms with Crippen LogP contribution in [-0.4, -0.2) is 60.4 Å². The first-order valence-corrected chi connectivity index (χ1v) is 14.0. The fourth-order valence-electron chi connectivity index (χ4n) is 9.40. The Hall–Kier alpha value is -1.42. The van der Waals surface area contributed by atoms with Crippen molar-refractivity contribution in [2.45, 2.75) is 94.5 Å². The van der Waals surface area contributed by atoms with Gasteiger partial charge in [-0.1, -0.05) is 43.3 Å². The Morgan fingerprint density at radius 3 is 2.65 bits per heavy atom. The molecule has 3 heteroatoms. The number of quaternary nitrogens is 1. The number of hydrogen-bond acceptors (Lipinski definition) is 2. The second-order valence-electron chi connectivity index (χ2n) is 13.7. The molecule has 182 valence electrons. The molecule has 0 N–H and O–H groups in total. The summed E-state index contributed by atoms with van der Waals surface area (Å²) in [5.41, 5.74) is 6.63. The van der Waals surface area contributed by atoms with E-state index in [1.165, 1.54) is 64.3 Å². The van der Waals surface area contributed by atoms with Crippen molar-refractivity contribution in [3.05, 3.63) is 58.7 Å². The predicted octanol–water partition coefficient (Wildman–Crippen LogP) is 5.65. The Balaban J connectivity index is 1.21. The lowest BCUT2D eigenvalue weighted by molar-refractivity contribution is -0.898. The normalized spacial score (nSPS) is 43.4. The predicted molar refractivity (Wildman–Crippen MR) is 137 cm³/mol. The van der Waals surface area contributed by atoms with E-state index in [-0.39, 0.29) is 11.2 Å². The van der Waals surface area contributed by atoms with Crippen LogP contribution in [0.1, 0.15) is 69.4 Å². The maximum Gasteiger partial charge on any atom is 0.0975 e. The van der Waals surface area contributed by atoms with Crippen molar-refractivity contribution in [2.75, 3.05) is 27.7 Å². The monoisotopic (exact) mass is 459 g/mol. The molecule has 7 rings (SSSR count). The van der Waals surface area contributed by atoms with Gasteiger partial charge in [0.25, 0.3) is 0 Å². The Labute approximate surface area is 206 Å². The molecule has 2 bridgehead atoms. The van der Waals surface area contributed by atoms with Crippen molar-refractivity contribution < 1.29 is 9.22 Å². The molecular formula is C31H43N2O+. The van der Waals surface area contributed by atoms with Crippen LogP contribution >= 0.6 is 0 Å². The largest absolute Gasteiger partial charge is 0.359 e. The minimum atomic E-state index is -0.0221. The van der Waals surface area contributed by atoms with Crippen molar-refractivity contribution in [1.29, 1.82) is 0 Å². The summed E-state index contributed by atoms with van der Waals surface area (Å²) in [4.78, 5) is 2.85. The van der Waals surface area contributed by atoms with Gasteiger partial charge in [-0.05, 0) is 78.6 Å². The van der Waals surface area contributed by atoms with E-state index in [0.717, 1.165) is 11.0 Å².